The topological polar surface area (TPSA) is 50.8 Å². The number of amides is 1. The molecule has 1 aliphatic heterocycles. The fraction of sp³-hybridized carbons (Fsp3) is 0.562. The summed E-state index contributed by atoms with van der Waals surface area (Å²) in [7, 11) is 1.81. The summed E-state index contributed by atoms with van der Waals surface area (Å²) in [4.78, 5) is 13.8. The number of benzene rings is 1. The normalized spacial score (nSPS) is 17.5. The molecule has 1 atom stereocenters. The van der Waals surface area contributed by atoms with Crippen LogP contribution < -0.4 is 10.1 Å². The Kier molecular flexibility index (Phi) is 8.24. The van der Waals surface area contributed by atoms with E-state index in [0.29, 0.717) is 26.2 Å². The molecule has 1 amide bonds. The Hall–Kier alpha value is -1.30. The first kappa shape index (κ1) is 18.7. The number of carbonyl (C=O) groups excluding carboxylic acids is 1. The van der Waals surface area contributed by atoms with Crippen LogP contribution in [0, 0.1) is 6.92 Å². The third kappa shape index (κ3) is 5.83. The predicted molar refractivity (Wildman–Crippen MR) is 88.8 cm³/mol. The number of rotatable bonds is 6. The molecule has 0 radical (unpaired) electrons. The van der Waals surface area contributed by atoms with E-state index in [9.17, 15) is 4.79 Å². The van der Waals surface area contributed by atoms with Crippen molar-refractivity contribution in [2.45, 2.75) is 19.4 Å². The lowest BCUT2D eigenvalue weighted by molar-refractivity contribution is -0.133. The first-order valence-electron chi connectivity index (χ1n) is 7.41. The van der Waals surface area contributed by atoms with Crippen LogP contribution in [0.1, 0.15) is 12.0 Å². The van der Waals surface area contributed by atoms with E-state index in [4.69, 9.17) is 9.47 Å². The largest absolute Gasteiger partial charge is 0.491 e. The van der Waals surface area contributed by atoms with Crippen molar-refractivity contribution in [3.05, 3.63) is 29.8 Å². The minimum absolute atomic E-state index is 0. The second kappa shape index (κ2) is 9.66. The molecule has 5 nitrogen and oxygen atoms in total. The van der Waals surface area contributed by atoms with Crippen LogP contribution in [-0.4, -0.2) is 56.8 Å². The average Bonchev–Trinajstić information content (AvgIpc) is 2.50. The molecule has 0 aliphatic carbocycles. The van der Waals surface area contributed by atoms with E-state index in [1.54, 1.807) is 11.9 Å². The van der Waals surface area contributed by atoms with E-state index in [0.717, 1.165) is 24.4 Å². The van der Waals surface area contributed by atoms with Gasteiger partial charge in [-0.15, -0.1) is 12.4 Å². The van der Waals surface area contributed by atoms with Crippen molar-refractivity contribution in [2.24, 2.45) is 0 Å². The Labute approximate surface area is 138 Å². The van der Waals surface area contributed by atoms with Gasteiger partial charge in [0.2, 0.25) is 5.91 Å². The molecular formula is C16H25ClN2O3. The summed E-state index contributed by atoms with van der Waals surface area (Å²) in [5.41, 5.74) is 1.10. The number of likely N-dealkylation sites (N-methyl/N-ethyl adjacent to an activating group) is 1. The van der Waals surface area contributed by atoms with Gasteiger partial charge in [0.05, 0.1) is 25.7 Å². The molecule has 1 N–H and O–H groups in total. The first-order valence-corrected chi connectivity index (χ1v) is 7.41. The van der Waals surface area contributed by atoms with Gasteiger partial charge in [0.1, 0.15) is 12.4 Å². The van der Waals surface area contributed by atoms with Gasteiger partial charge >= 0.3 is 0 Å². The zero-order valence-electron chi connectivity index (χ0n) is 13.2. The molecule has 1 aliphatic rings. The molecule has 1 heterocycles. The number of nitrogens with one attached hydrogen (secondary N) is 1. The van der Waals surface area contributed by atoms with Crippen molar-refractivity contribution in [2.75, 3.05) is 39.9 Å². The number of ether oxygens (including phenoxy) is 2. The molecule has 1 aromatic carbocycles. The van der Waals surface area contributed by atoms with Crippen LogP contribution in [0.15, 0.2) is 24.3 Å². The summed E-state index contributed by atoms with van der Waals surface area (Å²) < 4.78 is 11.3. The van der Waals surface area contributed by atoms with E-state index >= 15 is 0 Å². The quantitative estimate of drug-likeness (QED) is 0.862. The van der Waals surface area contributed by atoms with Gasteiger partial charge in [0.15, 0.2) is 0 Å². The Balaban J connectivity index is 0.00000242. The highest BCUT2D eigenvalue weighted by atomic mass is 35.5. The standard InChI is InChI=1S/C16H24N2O3.ClH/c1-13-5-3-4-6-15(13)21-10-8-18(2)16(19)11-14-12-17-7-9-20-14;/h3-6,14,17H,7-12H2,1-2H3;1H. The van der Waals surface area contributed by atoms with E-state index in [1.165, 1.54) is 0 Å². The van der Waals surface area contributed by atoms with Crippen LogP contribution in [0.25, 0.3) is 0 Å². The monoisotopic (exact) mass is 328 g/mol. The van der Waals surface area contributed by atoms with Crippen LogP contribution in [0.5, 0.6) is 5.75 Å². The summed E-state index contributed by atoms with van der Waals surface area (Å²) in [6.45, 7) is 5.38. The minimum Gasteiger partial charge on any atom is -0.491 e. The van der Waals surface area contributed by atoms with Gasteiger partial charge in [-0.25, -0.2) is 0 Å². The molecule has 22 heavy (non-hydrogen) atoms. The SMILES string of the molecule is Cc1ccccc1OCCN(C)C(=O)CC1CNCCO1.Cl. The third-order valence-electron chi connectivity index (χ3n) is 3.61. The summed E-state index contributed by atoms with van der Waals surface area (Å²) in [5.74, 6) is 0.968. The number of halogens is 1. The number of carbonyl (C=O) groups is 1. The lowest BCUT2D eigenvalue weighted by Crippen LogP contribution is -2.42. The zero-order valence-corrected chi connectivity index (χ0v) is 14.0. The fourth-order valence-corrected chi connectivity index (χ4v) is 2.24. The van der Waals surface area contributed by atoms with Gasteiger partial charge in [-0.2, -0.15) is 0 Å². The molecule has 1 saturated heterocycles. The van der Waals surface area contributed by atoms with Crippen LogP contribution in [-0.2, 0) is 9.53 Å². The lowest BCUT2D eigenvalue weighted by atomic mass is 10.2. The maximum atomic E-state index is 12.1. The number of nitrogens with zero attached hydrogens (tertiary/aromatic N) is 1. The molecule has 1 fully saturated rings. The van der Waals surface area contributed by atoms with E-state index in [1.807, 2.05) is 31.2 Å². The van der Waals surface area contributed by atoms with Gasteiger partial charge in [-0.3, -0.25) is 4.79 Å². The number of hydrogen-bond donors (Lipinski definition) is 1. The smallest absolute Gasteiger partial charge is 0.225 e. The maximum Gasteiger partial charge on any atom is 0.225 e. The second-order valence-corrected chi connectivity index (χ2v) is 5.33. The highest BCUT2D eigenvalue weighted by Crippen LogP contribution is 2.15. The van der Waals surface area contributed by atoms with E-state index < -0.39 is 0 Å². The summed E-state index contributed by atoms with van der Waals surface area (Å²) in [6.07, 6.45) is 0.416. The van der Waals surface area contributed by atoms with E-state index in [-0.39, 0.29) is 24.4 Å². The van der Waals surface area contributed by atoms with Gasteiger partial charge in [0, 0.05) is 20.1 Å². The Morgan fingerprint density at radius 1 is 1.45 bits per heavy atom. The number of hydrogen-bond acceptors (Lipinski definition) is 4. The second-order valence-electron chi connectivity index (χ2n) is 5.33. The van der Waals surface area contributed by atoms with E-state index in [2.05, 4.69) is 5.32 Å². The Morgan fingerprint density at radius 2 is 2.23 bits per heavy atom. The summed E-state index contributed by atoms with van der Waals surface area (Å²) in [5, 5.41) is 3.23. The molecule has 1 unspecified atom stereocenters. The molecule has 6 heteroatoms. The highest BCUT2D eigenvalue weighted by Gasteiger charge is 2.19. The zero-order chi connectivity index (χ0) is 15.1. The molecule has 2 rings (SSSR count). The number of para-hydroxylation sites is 1. The van der Waals surface area contributed by atoms with Gasteiger partial charge in [-0.1, -0.05) is 18.2 Å². The average molecular weight is 329 g/mol. The molecule has 124 valence electrons. The third-order valence-corrected chi connectivity index (χ3v) is 3.61. The fourth-order valence-electron chi connectivity index (χ4n) is 2.24. The van der Waals surface area contributed by atoms with Crippen molar-refractivity contribution in [1.82, 2.24) is 10.2 Å². The molecule has 0 saturated carbocycles. The van der Waals surface area contributed by atoms with Crippen molar-refractivity contribution in [1.29, 1.82) is 0 Å². The van der Waals surface area contributed by atoms with Crippen molar-refractivity contribution >= 4 is 18.3 Å². The Morgan fingerprint density at radius 3 is 2.91 bits per heavy atom. The minimum atomic E-state index is -0.00835. The number of morpholine rings is 1. The Bertz CT molecular complexity index is 464. The number of aryl methyl sites for hydroxylation is 1. The summed E-state index contributed by atoms with van der Waals surface area (Å²) in [6, 6.07) is 7.89. The van der Waals surface area contributed by atoms with Crippen LogP contribution in [0.4, 0.5) is 0 Å². The first-order chi connectivity index (χ1) is 10.2. The molecule has 0 bridgehead atoms. The maximum absolute atomic E-state index is 12.1. The van der Waals surface area contributed by atoms with Gasteiger partial charge in [0.25, 0.3) is 0 Å². The molecule has 0 aromatic heterocycles. The van der Waals surface area contributed by atoms with Gasteiger partial charge in [-0.05, 0) is 18.6 Å². The van der Waals surface area contributed by atoms with Crippen LogP contribution >= 0.6 is 12.4 Å². The van der Waals surface area contributed by atoms with Crippen molar-refractivity contribution < 1.29 is 14.3 Å². The molecule has 0 spiro atoms. The van der Waals surface area contributed by atoms with Crippen LogP contribution in [0.3, 0.4) is 0 Å². The highest BCUT2D eigenvalue weighted by molar-refractivity contribution is 5.85. The van der Waals surface area contributed by atoms with Crippen LogP contribution in [0.2, 0.25) is 0 Å². The van der Waals surface area contributed by atoms with Crippen molar-refractivity contribution in [3.8, 4) is 5.75 Å². The predicted octanol–water partition coefficient (Wildman–Crippen LogP) is 1.63. The van der Waals surface area contributed by atoms with Gasteiger partial charge < -0.3 is 19.7 Å². The molecule has 1 aromatic rings. The summed E-state index contributed by atoms with van der Waals surface area (Å²) >= 11 is 0. The van der Waals surface area contributed by atoms with Crippen molar-refractivity contribution in [3.63, 3.8) is 0 Å². The lowest BCUT2D eigenvalue weighted by Gasteiger charge is -2.25. The molecular weight excluding hydrogens is 304 g/mol.